The topological polar surface area (TPSA) is 33.1 Å². The summed E-state index contributed by atoms with van der Waals surface area (Å²) >= 11 is 0. The molecule has 2 heterocycles. The van der Waals surface area contributed by atoms with Crippen LogP contribution in [0.2, 0.25) is 0 Å². The lowest BCUT2D eigenvalue weighted by Gasteiger charge is -2.50. The Balaban J connectivity index is 1.74. The molecule has 0 atom stereocenters. The van der Waals surface area contributed by atoms with Crippen LogP contribution in [0.3, 0.4) is 0 Å². The van der Waals surface area contributed by atoms with E-state index in [1.165, 1.54) is 50.9 Å². The van der Waals surface area contributed by atoms with Gasteiger partial charge in [0.25, 0.3) is 0 Å². The molecule has 2 aliphatic rings. The Labute approximate surface area is 122 Å². The first kappa shape index (κ1) is 14.1. The highest BCUT2D eigenvalue weighted by Crippen LogP contribution is 2.35. The summed E-state index contributed by atoms with van der Waals surface area (Å²) in [5.41, 5.74) is 1.80. The van der Waals surface area contributed by atoms with Crippen molar-refractivity contribution in [3.05, 3.63) is 18.0 Å². The van der Waals surface area contributed by atoms with Crippen LogP contribution >= 0.6 is 0 Å². The van der Waals surface area contributed by atoms with Crippen molar-refractivity contribution in [2.24, 2.45) is 0 Å². The minimum Gasteiger partial charge on any atom is -0.314 e. The van der Waals surface area contributed by atoms with Crippen LogP contribution in [0.25, 0.3) is 0 Å². The number of aromatic nitrogens is 2. The fourth-order valence-electron chi connectivity index (χ4n) is 3.94. The molecule has 1 aromatic rings. The van der Waals surface area contributed by atoms with Crippen LogP contribution in [0.4, 0.5) is 0 Å². The Morgan fingerprint density at radius 3 is 2.95 bits per heavy atom. The van der Waals surface area contributed by atoms with Gasteiger partial charge in [-0.1, -0.05) is 26.2 Å². The summed E-state index contributed by atoms with van der Waals surface area (Å²) in [6.07, 6.45) is 10.0. The number of hydrogen-bond donors (Lipinski definition) is 1. The Hall–Kier alpha value is -0.870. The minimum atomic E-state index is 0.414. The van der Waals surface area contributed by atoms with Gasteiger partial charge >= 0.3 is 0 Å². The molecule has 1 aromatic heterocycles. The van der Waals surface area contributed by atoms with Crippen LogP contribution in [0.15, 0.2) is 12.3 Å². The van der Waals surface area contributed by atoms with Gasteiger partial charge in [0.2, 0.25) is 0 Å². The van der Waals surface area contributed by atoms with E-state index in [4.69, 9.17) is 0 Å². The quantitative estimate of drug-likeness (QED) is 0.917. The Morgan fingerprint density at radius 1 is 1.30 bits per heavy atom. The second-order valence-corrected chi connectivity index (χ2v) is 6.43. The van der Waals surface area contributed by atoms with Crippen molar-refractivity contribution in [1.29, 1.82) is 0 Å². The van der Waals surface area contributed by atoms with Crippen LogP contribution in [-0.2, 0) is 13.1 Å². The minimum absolute atomic E-state index is 0.414. The Kier molecular flexibility index (Phi) is 4.41. The maximum absolute atomic E-state index is 4.48. The summed E-state index contributed by atoms with van der Waals surface area (Å²) in [5.74, 6) is 0. The van der Waals surface area contributed by atoms with Crippen molar-refractivity contribution < 1.29 is 0 Å². The molecular weight excluding hydrogens is 248 g/mol. The number of rotatable bonds is 4. The molecule has 1 saturated carbocycles. The molecule has 4 nitrogen and oxygen atoms in total. The summed E-state index contributed by atoms with van der Waals surface area (Å²) in [4.78, 5) is 2.74. The average Bonchev–Trinajstić information content (AvgIpc) is 2.90. The van der Waals surface area contributed by atoms with Crippen molar-refractivity contribution in [3.8, 4) is 0 Å². The SMILES string of the molecule is CCCn1nccc1CN1CCNCC12CCCCC2. The van der Waals surface area contributed by atoms with Gasteiger partial charge in [0, 0.05) is 44.5 Å². The van der Waals surface area contributed by atoms with Crippen LogP contribution in [0.5, 0.6) is 0 Å². The van der Waals surface area contributed by atoms with Gasteiger partial charge in [0.05, 0.1) is 5.69 Å². The van der Waals surface area contributed by atoms with Crippen molar-refractivity contribution >= 4 is 0 Å². The smallest absolute Gasteiger partial charge is 0.0524 e. The maximum Gasteiger partial charge on any atom is 0.0524 e. The molecule has 20 heavy (non-hydrogen) atoms. The third kappa shape index (κ3) is 2.77. The zero-order valence-electron chi connectivity index (χ0n) is 12.8. The van der Waals surface area contributed by atoms with E-state index in [2.05, 4.69) is 33.0 Å². The molecule has 112 valence electrons. The number of aryl methyl sites for hydroxylation is 1. The van der Waals surface area contributed by atoms with Gasteiger partial charge in [-0.3, -0.25) is 9.58 Å². The second-order valence-electron chi connectivity index (χ2n) is 6.43. The molecule has 1 spiro atoms. The van der Waals surface area contributed by atoms with Gasteiger partial charge in [-0.25, -0.2) is 0 Å². The van der Waals surface area contributed by atoms with Crippen molar-refractivity contribution in [3.63, 3.8) is 0 Å². The van der Waals surface area contributed by atoms with E-state index < -0.39 is 0 Å². The van der Waals surface area contributed by atoms with E-state index in [9.17, 15) is 0 Å². The zero-order valence-corrected chi connectivity index (χ0v) is 12.8. The van der Waals surface area contributed by atoms with Crippen molar-refractivity contribution in [1.82, 2.24) is 20.0 Å². The van der Waals surface area contributed by atoms with Crippen LogP contribution in [-0.4, -0.2) is 39.9 Å². The number of nitrogens with zero attached hydrogens (tertiary/aromatic N) is 3. The first-order chi connectivity index (χ1) is 9.84. The summed E-state index contributed by atoms with van der Waals surface area (Å²) in [5, 5.41) is 8.11. The Bertz CT molecular complexity index is 412. The van der Waals surface area contributed by atoms with E-state index >= 15 is 0 Å². The highest BCUT2D eigenvalue weighted by Gasteiger charge is 2.39. The lowest BCUT2D eigenvalue weighted by Crippen LogP contribution is -2.61. The average molecular weight is 276 g/mol. The molecule has 2 fully saturated rings. The third-order valence-corrected chi connectivity index (χ3v) is 5.06. The highest BCUT2D eigenvalue weighted by atomic mass is 15.3. The lowest BCUT2D eigenvalue weighted by atomic mass is 9.79. The van der Waals surface area contributed by atoms with Gasteiger partial charge in [-0.05, 0) is 25.3 Å². The van der Waals surface area contributed by atoms with Crippen LogP contribution in [0, 0.1) is 0 Å². The largest absolute Gasteiger partial charge is 0.314 e. The van der Waals surface area contributed by atoms with Crippen molar-refractivity contribution in [2.45, 2.75) is 64.1 Å². The normalized spacial score (nSPS) is 23.2. The van der Waals surface area contributed by atoms with E-state index in [0.29, 0.717) is 5.54 Å². The first-order valence-electron chi connectivity index (χ1n) is 8.30. The molecule has 1 N–H and O–H groups in total. The molecular formula is C16H28N4. The zero-order chi connectivity index (χ0) is 13.8. The lowest BCUT2D eigenvalue weighted by molar-refractivity contribution is 0.0189. The molecule has 0 bridgehead atoms. The van der Waals surface area contributed by atoms with E-state index in [1.54, 1.807) is 0 Å². The number of nitrogens with one attached hydrogen (secondary N) is 1. The van der Waals surface area contributed by atoms with Gasteiger partial charge in [0.1, 0.15) is 0 Å². The predicted octanol–water partition coefficient (Wildman–Crippen LogP) is 2.40. The molecule has 0 radical (unpaired) electrons. The summed E-state index contributed by atoms with van der Waals surface area (Å²) < 4.78 is 2.19. The standard InChI is InChI=1S/C16H28N4/c1-2-11-20-15(6-9-18-20)13-19-12-10-17-14-16(19)7-4-3-5-8-16/h6,9,17H,2-5,7-8,10-14H2,1H3. The maximum atomic E-state index is 4.48. The van der Waals surface area contributed by atoms with E-state index in [0.717, 1.165) is 26.1 Å². The number of piperazine rings is 1. The molecule has 1 aliphatic heterocycles. The molecule has 0 aromatic carbocycles. The molecule has 1 aliphatic carbocycles. The highest BCUT2D eigenvalue weighted by molar-refractivity contribution is 5.05. The summed E-state index contributed by atoms with van der Waals surface area (Å²) in [6, 6.07) is 2.20. The molecule has 3 rings (SSSR count). The number of hydrogen-bond acceptors (Lipinski definition) is 3. The van der Waals surface area contributed by atoms with Crippen LogP contribution < -0.4 is 5.32 Å². The molecule has 1 saturated heterocycles. The predicted molar refractivity (Wildman–Crippen MR) is 81.6 cm³/mol. The third-order valence-electron chi connectivity index (χ3n) is 5.06. The summed E-state index contributed by atoms with van der Waals surface area (Å²) in [6.45, 7) is 7.82. The molecule has 0 amide bonds. The van der Waals surface area contributed by atoms with Gasteiger partial charge < -0.3 is 5.32 Å². The molecule has 0 unspecified atom stereocenters. The van der Waals surface area contributed by atoms with Crippen molar-refractivity contribution in [2.75, 3.05) is 19.6 Å². The van der Waals surface area contributed by atoms with Gasteiger partial charge in [0.15, 0.2) is 0 Å². The second kappa shape index (κ2) is 6.27. The Morgan fingerprint density at radius 2 is 2.15 bits per heavy atom. The summed E-state index contributed by atoms with van der Waals surface area (Å²) in [7, 11) is 0. The van der Waals surface area contributed by atoms with Crippen LogP contribution in [0.1, 0.15) is 51.1 Å². The fourth-order valence-corrected chi connectivity index (χ4v) is 3.94. The molecule has 4 heteroatoms. The monoisotopic (exact) mass is 276 g/mol. The van der Waals surface area contributed by atoms with Gasteiger partial charge in [-0.15, -0.1) is 0 Å². The fraction of sp³-hybridized carbons (Fsp3) is 0.812. The van der Waals surface area contributed by atoms with E-state index in [1.807, 2.05) is 6.20 Å². The van der Waals surface area contributed by atoms with E-state index in [-0.39, 0.29) is 0 Å². The van der Waals surface area contributed by atoms with Gasteiger partial charge in [-0.2, -0.15) is 5.10 Å². The first-order valence-corrected chi connectivity index (χ1v) is 8.30.